The summed E-state index contributed by atoms with van der Waals surface area (Å²) in [4.78, 5) is 38.9. The van der Waals surface area contributed by atoms with Crippen LogP contribution in [0.5, 0.6) is 17.2 Å². The summed E-state index contributed by atoms with van der Waals surface area (Å²) in [5.74, 6) is -1.61. The number of esters is 2. The molecule has 4 aliphatic heterocycles. The summed E-state index contributed by atoms with van der Waals surface area (Å²) in [7, 11) is 0. The molecule has 0 saturated heterocycles. The van der Waals surface area contributed by atoms with Crippen molar-refractivity contribution < 1.29 is 43.5 Å². The minimum absolute atomic E-state index is 0.0466. The Morgan fingerprint density at radius 1 is 0.971 bits per heavy atom. The second-order valence-corrected chi connectivity index (χ2v) is 8.78. The number of fused-ring (bicyclic) bond motifs is 6. The van der Waals surface area contributed by atoms with E-state index in [1.807, 2.05) is 0 Å². The largest absolute Gasteiger partial charge is 0.504 e. The van der Waals surface area contributed by atoms with Gasteiger partial charge in [-0.25, -0.2) is 9.59 Å². The Bertz CT molecular complexity index is 1350. The molecule has 1 spiro atoms. The highest BCUT2D eigenvalue weighted by Crippen LogP contribution is 2.49. The molecule has 0 saturated carbocycles. The maximum absolute atomic E-state index is 13.6. The van der Waals surface area contributed by atoms with E-state index in [4.69, 9.17) is 18.9 Å². The first kappa shape index (κ1) is 21.4. The molecule has 2 bridgehead atoms. The highest BCUT2D eigenvalue weighted by atomic mass is 16.7. The van der Waals surface area contributed by atoms with Crippen LogP contribution in [0.1, 0.15) is 24.0 Å². The van der Waals surface area contributed by atoms with Crippen LogP contribution in [0.2, 0.25) is 0 Å². The molecule has 9 heteroatoms. The van der Waals surface area contributed by atoms with Crippen LogP contribution < -0.4 is 4.74 Å². The van der Waals surface area contributed by atoms with Crippen LogP contribution in [0, 0.1) is 0 Å². The second kappa shape index (κ2) is 7.71. The first-order valence-electron chi connectivity index (χ1n) is 11.2. The van der Waals surface area contributed by atoms with Gasteiger partial charge >= 0.3 is 11.9 Å². The molecule has 2 unspecified atom stereocenters. The molecule has 2 aromatic carbocycles. The number of rotatable bonds is 0. The first-order chi connectivity index (χ1) is 16.9. The number of hydrogen-bond acceptors (Lipinski definition) is 9. The maximum Gasteiger partial charge on any atom is 0.375 e. The van der Waals surface area contributed by atoms with Crippen molar-refractivity contribution in [2.75, 3.05) is 6.61 Å². The van der Waals surface area contributed by atoms with Gasteiger partial charge in [-0.1, -0.05) is 24.3 Å². The third-order valence-electron chi connectivity index (χ3n) is 6.70. The van der Waals surface area contributed by atoms with Crippen molar-refractivity contribution in [2.24, 2.45) is 0 Å². The van der Waals surface area contributed by atoms with Crippen molar-refractivity contribution in [3.8, 4) is 17.2 Å². The van der Waals surface area contributed by atoms with E-state index in [9.17, 15) is 24.6 Å². The van der Waals surface area contributed by atoms with E-state index in [-0.39, 0.29) is 66.5 Å². The van der Waals surface area contributed by atoms with Crippen molar-refractivity contribution in [3.05, 3.63) is 76.1 Å². The van der Waals surface area contributed by atoms with Gasteiger partial charge in [0.1, 0.15) is 5.75 Å². The van der Waals surface area contributed by atoms with Gasteiger partial charge in [0.2, 0.25) is 17.7 Å². The lowest BCUT2D eigenvalue weighted by Crippen LogP contribution is -2.46. The fourth-order valence-electron chi connectivity index (χ4n) is 5.10. The van der Waals surface area contributed by atoms with E-state index in [1.165, 1.54) is 6.07 Å². The average molecular weight is 476 g/mol. The SMILES string of the molecule is O=C1CCC2=C1C(O)OC1=C2C2(Cc3ccc(cc3)Oc3c(O)cccc3CCOC2=O)OC1=O. The van der Waals surface area contributed by atoms with E-state index >= 15 is 0 Å². The molecule has 1 aliphatic carbocycles. The minimum atomic E-state index is -1.88. The van der Waals surface area contributed by atoms with Gasteiger partial charge in [0.25, 0.3) is 0 Å². The van der Waals surface area contributed by atoms with Gasteiger partial charge in [-0.3, -0.25) is 4.79 Å². The van der Waals surface area contributed by atoms with E-state index in [1.54, 1.807) is 36.4 Å². The number of phenolic OH excluding ortho intramolecular Hbond substituents is 1. The quantitative estimate of drug-likeness (QED) is 0.551. The average Bonchev–Trinajstić information content (AvgIpc) is 3.35. The summed E-state index contributed by atoms with van der Waals surface area (Å²) in [6.45, 7) is -0.0829. The third-order valence-corrected chi connectivity index (χ3v) is 6.70. The lowest BCUT2D eigenvalue weighted by Gasteiger charge is -2.31. The van der Waals surface area contributed by atoms with Crippen molar-refractivity contribution in [3.63, 3.8) is 0 Å². The van der Waals surface area contributed by atoms with Gasteiger partial charge in [0.15, 0.2) is 17.3 Å². The molecule has 2 N–H and O–H groups in total. The number of hydrogen-bond donors (Lipinski definition) is 2. The van der Waals surface area contributed by atoms with Gasteiger partial charge in [0.05, 0.1) is 17.8 Å². The number of aromatic hydroxyl groups is 1. The zero-order chi connectivity index (χ0) is 24.3. The molecule has 9 nitrogen and oxygen atoms in total. The fraction of sp³-hybridized carbons (Fsp3) is 0.269. The number of para-hydroxylation sites is 1. The van der Waals surface area contributed by atoms with Crippen LogP contribution in [0.3, 0.4) is 0 Å². The lowest BCUT2D eigenvalue weighted by atomic mass is 9.81. The standard InChI is InChI=1S/C26H20O9/c27-17-9-8-16-19(17)23(29)34-22-20(16)26(35-24(22)30)12-13-4-6-15(7-5-13)33-21-14(2-1-3-18(21)28)10-11-32-25(26)31/h1-7,23,28-29H,8-12H2. The Morgan fingerprint density at radius 3 is 2.57 bits per heavy atom. The van der Waals surface area contributed by atoms with E-state index in [2.05, 4.69) is 0 Å². The monoisotopic (exact) mass is 476 g/mol. The number of benzene rings is 2. The summed E-state index contributed by atoms with van der Waals surface area (Å²) in [5, 5.41) is 20.7. The molecule has 178 valence electrons. The highest BCUT2D eigenvalue weighted by Gasteiger charge is 2.60. The Balaban J connectivity index is 1.47. The van der Waals surface area contributed by atoms with Gasteiger partial charge in [-0.15, -0.1) is 0 Å². The number of carbonyl (C=O) groups excluding carboxylic acids is 3. The Hall–Kier alpha value is -4.11. The molecule has 35 heavy (non-hydrogen) atoms. The van der Waals surface area contributed by atoms with Crippen LogP contribution in [0.25, 0.3) is 0 Å². The predicted octanol–water partition coefficient (Wildman–Crippen LogP) is 2.38. The Labute approximate surface area is 199 Å². The zero-order valence-corrected chi connectivity index (χ0v) is 18.4. The third kappa shape index (κ3) is 3.23. The molecule has 0 aromatic heterocycles. The molecule has 0 amide bonds. The van der Waals surface area contributed by atoms with Crippen LogP contribution in [0.15, 0.2) is 64.9 Å². The van der Waals surface area contributed by atoms with Crippen molar-refractivity contribution in [1.82, 2.24) is 0 Å². The highest BCUT2D eigenvalue weighted by molar-refractivity contribution is 6.06. The molecular weight excluding hydrogens is 456 g/mol. The number of ether oxygens (including phenoxy) is 4. The number of aliphatic hydroxyl groups excluding tert-OH is 1. The summed E-state index contributed by atoms with van der Waals surface area (Å²) in [6, 6.07) is 11.7. The van der Waals surface area contributed by atoms with Crippen LogP contribution in [-0.4, -0.2) is 46.4 Å². The molecule has 0 fully saturated rings. The first-order valence-corrected chi connectivity index (χ1v) is 11.2. The molecular formula is C26H20O9. The summed E-state index contributed by atoms with van der Waals surface area (Å²) in [5.41, 5.74) is -0.0435. The Morgan fingerprint density at radius 2 is 1.77 bits per heavy atom. The minimum Gasteiger partial charge on any atom is -0.504 e. The molecule has 4 heterocycles. The van der Waals surface area contributed by atoms with E-state index in [0.717, 1.165) is 0 Å². The van der Waals surface area contributed by atoms with Gasteiger partial charge in [0, 0.05) is 24.8 Å². The van der Waals surface area contributed by atoms with E-state index < -0.39 is 23.8 Å². The molecule has 2 atom stereocenters. The van der Waals surface area contributed by atoms with Crippen LogP contribution in [-0.2, 0) is 41.4 Å². The number of carbonyl (C=O) groups is 3. The summed E-state index contributed by atoms with van der Waals surface area (Å²) < 4.78 is 22.6. The summed E-state index contributed by atoms with van der Waals surface area (Å²) in [6.07, 6.45) is -1.05. The van der Waals surface area contributed by atoms with Crippen LogP contribution >= 0.6 is 0 Å². The van der Waals surface area contributed by atoms with Crippen molar-refractivity contribution in [1.29, 1.82) is 0 Å². The van der Waals surface area contributed by atoms with Gasteiger partial charge < -0.3 is 29.2 Å². The lowest BCUT2D eigenvalue weighted by molar-refractivity contribution is -0.173. The van der Waals surface area contributed by atoms with Crippen LogP contribution in [0.4, 0.5) is 0 Å². The molecule has 2 aromatic rings. The summed E-state index contributed by atoms with van der Waals surface area (Å²) >= 11 is 0. The maximum atomic E-state index is 13.6. The molecule has 5 aliphatic rings. The number of aliphatic hydroxyl groups is 1. The topological polar surface area (TPSA) is 129 Å². The number of phenols is 1. The second-order valence-electron chi connectivity index (χ2n) is 8.78. The number of ketones is 1. The molecule has 0 radical (unpaired) electrons. The molecule has 7 rings (SSSR count). The van der Waals surface area contributed by atoms with E-state index in [0.29, 0.717) is 22.4 Å². The van der Waals surface area contributed by atoms with Crippen molar-refractivity contribution in [2.45, 2.75) is 37.6 Å². The predicted molar refractivity (Wildman–Crippen MR) is 117 cm³/mol. The fourth-order valence-corrected chi connectivity index (χ4v) is 5.10. The van der Waals surface area contributed by atoms with Crippen molar-refractivity contribution >= 4 is 17.7 Å². The normalized spacial score (nSPS) is 25.5. The Kier molecular flexibility index (Phi) is 4.72. The zero-order valence-electron chi connectivity index (χ0n) is 18.4. The number of Topliss-reactive ketones (excluding diaryl/α,β-unsaturated/α-hetero) is 1. The smallest absolute Gasteiger partial charge is 0.375 e. The van der Waals surface area contributed by atoms with Gasteiger partial charge in [-0.2, -0.15) is 0 Å². The van der Waals surface area contributed by atoms with Gasteiger partial charge in [-0.05, 0) is 35.8 Å².